The monoisotopic (exact) mass is 1700 g/mol. The van der Waals surface area contributed by atoms with Crippen molar-refractivity contribution in [2.75, 3.05) is 0 Å². The topological polar surface area (TPSA) is 156 Å². The Morgan fingerprint density at radius 3 is 0.890 bits per heavy atom. The van der Waals surface area contributed by atoms with Gasteiger partial charge >= 0.3 is 0 Å². The molecule has 0 saturated carbocycles. The van der Waals surface area contributed by atoms with Crippen LogP contribution in [-0.4, -0.2) is 40.8 Å². The summed E-state index contributed by atoms with van der Waals surface area (Å²) in [6.45, 7) is 3.94. The van der Waals surface area contributed by atoms with Crippen molar-refractivity contribution in [1.82, 2.24) is 40.8 Å². The highest BCUT2D eigenvalue weighted by molar-refractivity contribution is 9.38. The van der Waals surface area contributed by atoms with Crippen LogP contribution in [0.25, 0.3) is 96.7 Å². The molecule has 0 amide bonds. The third-order valence-corrected chi connectivity index (χ3v) is 16.2. The fraction of sp³-hybridized carbons (Fsp3) is 0.0769. The first-order chi connectivity index (χ1) is 48.1. The highest BCUT2D eigenvalue weighted by Crippen LogP contribution is 2.43. The van der Waals surface area contributed by atoms with Crippen molar-refractivity contribution in [3.05, 3.63) is 332 Å². The van der Waals surface area contributed by atoms with Crippen molar-refractivity contribution >= 4 is 230 Å². The maximum atomic E-state index is 5.74. The summed E-state index contributed by atoms with van der Waals surface area (Å²) in [5.74, 6) is 2.40. The lowest BCUT2D eigenvalue weighted by Gasteiger charge is -2.03. The van der Waals surface area contributed by atoms with E-state index in [1.807, 2.05) is 153 Å². The standard InChI is InChI=1S/2C20H15Cl3N2O.C19H13Br3N2O.C19H15BrN2O/c1-14-2-4-15(5-3-14)6-7-16-8-10-17(11-9-16)12-13-18-24-25-19(26-18)20(21,22)23;1-14(18-24-25-19(26-18)20(21,22)23)13-17-11-9-16(10-12-17)8-7-15-5-3-2-4-6-15;20-19(21,22)18-24-23-17(25-18)13-12-16-10-8-15(9-11-16)7-6-14-4-2-1-3-5-14;20-14-19-22-21-18(23-19)13-12-17-10-8-16(9-11-17)7-6-15-4-2-1-3-5-15/h2*2-13H,1H3;1-13H;1-13H,14H2. The van der Waals surface area contributed by atoms with Gasteiger partial charge in [0.05, 0.1) is 5.33 Å². The van der Waals surface area contributed by atoms with Gasteiger partial charge in [-0.05, 0) is 153 Å². The second kappa shape index (κ2) is 38.1. The molecule has 12 nitrogen and oxygen atoms in total. The molecule has 0 aliphatic rings. The number of aryl methyl sites for hydroxylation is 1. The van der Waals surface area contributed by atoms with Gasteiger partial charge in [0, 0.05) is 23.8 Å². The van der Waals surface area contributed by atoms with Gasteiger partial charge in [-0.15, -0.1) is 40.8 Å². The van der Waals surface area contributed by atoms with E-state index < -0.39 is 9.73 Å². The second-order valence-corrected chi connectivity index (χ2v) is 33.3. The summed E-state index contributed by atoms with van der Waals surface area (Å²) >= 11 is 47.6. The van der Waals surface area contributed by atoms with E-state index >= 15 is 0 Å². The molecule has 0 fully saturated rings. The summed E-state index contributed by atoms with van der Waals surface area (Å²) in [6, 6.07) is 71.7. The molecule has 0 saturated heterocycles. The molecule has 504 valence electrons. The van der Waals surface area contributed by atoms with Gasteiger partial charge in [-0.3, -0.25) is 0 Å². The Morgan fingerprint density at radius 2 is 0.590 bits per heavy atom. The molecule has 0 aliphatic heterocycles. The third-order valence-electron chi connectivity index (χ3n) is 13.7. The molecule has 22 heteroatoms. The minimum absolute atomic E-state index is 0.0494. The number of rotatable bonds is 17. The third kappa shape index (κ3) is 26.1. The highest BCUT2D eigenvalue weighted by Gasteiger charge is 2.31. The lowest BCUT2D eigenvalue weighted by atomic mass is 10.1. The van der Waals surface area contributed by atoms with E-state index in [4.69, 9.17) is 87.3 Å². The molecule has 12 aromatic rings. The molecule has 0 bridgehead atoms. The Morgan fingerprint density at radius 1 is 0.320 bits per heavy atom. The largest absolute Gasteiger partial charge is 0.420 e. The number of nitrogens with zero attached hydrogens (tertiary/aromatic N) is 8. The number of halogens is 10. The summed E-state index contributed by atoms with van der Waals surface area (Å²) in [5, 5.41) is 31.5. The minimum Gasteiger partial charge on any atom is -0.420 e. The van der Waals surface area contributed by atoms with Crippen molar-refractivity contribution in [2.24, 2.45) is 0 Å². The molecule has 0 aliphatic carbocycles. The Kier molecular flexibility index (Phi) is 29.0. The molecule has 12 rings (SSSR count). The Bertz CT molecular complexity index is 4750. The van der Waals surface area contributed by atoms with E-state index in [2.05, 4.69) is 257 Å². The zero-order valence-corrected chi connectivity index (χ0v) is 63.9. The van der Waals surface area contributed by atoms with Crippen molar-refractivity contribution in [2.45, 2.75) is 28.9 Å². The molecule has 8 aromatic carbocycles. The smallest absolute Gasteiger partial charge is 0.268 e. The van der Waals surface area contributed by atoms with Crippen LogP contribution in [0.15, 0.2) is 230 Å². The molecule has 0 radical (unpaired) electrons. The van der Waals surface area contributed by atoms with Gasteiger partial charge in [-0.1, -0.05) is 352 Å². The van der Waals surface area contributed by atoms with Crippen LogP contribution in [0, 0.1) is 6.92 Å². The first kappa shape index (κ1) is 76.1. The number of alkyl halides is 10. The molecule has 4 heterocycles. The molecule has 0 atom stereocenters. The second-order valence-electron chi connectivity index (χ2n) is 21.4. The maximum absolute atomic E-state index is 5.74. The fourth-order valence-corrected chi connectivity index (χ4v) is 9.70. The lowest BCUT2D eigenvalue weighted by molar-refractivity contribution is 0.490. The molecular weight excluding hydrogens is 1650 g/mol. The van der Waals surface area contributed by atoms with Gasteiger partial charge in [0.2, 0.25) is 31.6 Å². The molecule has 4 aromatic heterocycles. The SMILES string of the molecule is BrC(Br)(Br)c1nnc(C=Cc2ccc(C=Cc3ccccc3)cc2)o1.BrCc1nnc(C=Cc2ccc(C=Cc3ccccc3)cc2)o1.CC(=Cc1ccc(C=Cc2ccccc2)cc1)c1nnc(C(Cl)(Cl)Cl)o1.Cc1ccc(C=Cc2ccc(C=Cc3nnc(C(Cl)(Cl)Cl)o3)cc2)cc1. The maximum Gasteiger partial charge on any atom is 0.268 e. The van der Waals surface area contributed by atoms with E-state index in [9.17, 15) is 0 Å². The lowest BCUT2D eigenvalue weighted by Crippen LogP contribution is -1.99. The number of benzene rings is 8. The van der Waals surface area contributed by atoms with Crippen LogP contribution >= 0.6 is 133 Å². The van der Waals surface area contributed by atoms with Crippen LogP contribution in [0.5, 0.6) is 0 Å². The van der Waals surface area contributed by atoms with Gasteiger partial charge in [0.1, 0.15) is 0 Å². The Labute approximate surface area is 643 Å². The average Bonchev–Trinajstić information content (AvgIpc) is 1.71. The zero-order chi connectivity index (χ0) is 70.7. The van der Waals surface area contributed by atoms with E-state index in [1.54, 1.807) is 12.2 Å². The number of allylic oxidation sites excluding steroid dienone is 1. The van der Waals surface area contributed by atoms with E-state index in [0.29, 0.717) is 34.8 Å². The summed E-state index contributed by atoms with van der Waals surface area (Å²) in [6.07, 6.45) is 29.6. The van der Waals surface area contributed by atoms with Gasteiger partial charge < -0.3 is 17.7 Å². The van der Waals surface area contributed by atoms with Gasteiger partial charge in [0.15, 0.2) is 0 Å². The predicted molar refractivity (Wildman–Crippen MR) is 429 cm³/mol. The summed E-state index contributed by atoms with van der Waals surface area (Å²) in [7, 11) is 0. The number of aromatic nitrogens is 8. The molecule has 0 spiro atoms. The van der Waals surface area contributed by atoms with Crippen molar-refractivity contribution in [3.63, 3.8) is 0 Å². The molecule has 0 unspecified atom stereocenters. The minimum atomic E-state index is -1.72. The summed E-state index contributed by atoms with van der Waals surface area (Å²) in [4.78, 5) is 0. The van der Waals surface area contributed by atoms with Crippen molar-refractivity contribution < 1.29 is 17.7 Å². The van der Waals surface area contributed by atoms with Crippen LogP contribution < -0.4 is 0 Å². The first-order valence-electron chi connectivity index (χ1n) is 30.3. The van der Waals surface area contributed by atoms with E-state index in [-0.39, 0.29) is 17.7 Å². The van der Waals surface area contributed by atoms with Gasteiger partial charge in [-0.25, -0.2) is 0 Å². The average molecular weight is 1700 g/mol. The van der Waals surface area contributed by atoms with Crippen LogP contribution in [0.3, 0.4) is 0 Å². The quantitative estimate of drug-likeness (QED) is 0.0629. The van der Waals surface area contributed by atoms with Crippen LogP contribution in [0.2, 0.25) is 0 Å². The van der Waals surface area contributed by atoms with Crippen molar-refractivity contribution in [3.8, 4) is 0 Å². The number of hydrogen-bond acceptors (Lipinski definition) is 12. The van der Waals surface area contributed by atoms with E-state index in [1.165, 1.54) is 22.3 Å². The summed E-state index contributed by atoms with van der Waals surface area (Å²) < 4.78 is 17.5. The fourth-order valence-electron chi connectivity index (χ4n) is 8.53. The van der Waals surface area contributed by atoms with Gasteiger partial charge in [0.25, 0.3) is 25.3 Å². The van der Waals surface area contributed by atoms with Crippen molar-refractivity contribution in [1.29, 1.82) is 0 Å². The van der Waals surface area contributed by atoms with Crippen LogP contribution in [0.4, 0.5) is 0 Å². The normalized spacial score (nSPS) is 12.2. The molecule has 100 heavy (non-hydrogen) atoms. The zero-order valence-electron chi connectivity index (χ0n) is 53.1. The van der Waals surface area contributed by atoms with Gasteiger partial charge in [-0.2, -0.15) is 0 Å². The molecular formula is C78H58Br4Cl6N8O4. The van der Waals surface area contributed by atoms with Crippen LogP contribution in [0.1, 0.15) is 126 Å². The predicted octanol–water partition coefficient (Wildman–Crippen LogP) is 25.2. The summed E-state index contributed by atoms with van der Waals surface area (Å²) in [5.41, 5.74) is 15.4. The van der Waals surface area contributed by atoms with E-state index in [0.717, 1.165) is 55.6 Å². The number of hydrogen-bond donors (Lipinski definition) is 0. The molecule has 0 N–H and O–H groups in total. The van der Waals surface area contributed by atoms with Crippen LogP contribution in [-0.2, 0) is 15.1 Å². The highest BCUT2D eigenvalue weighted by atomic mass is 80.0. The Balaban J connectivity index is 0.000000156. The Hall–Kier alpha value is -8.10. The first-order valence-corrected chi connectivity index (χ1v) is 36.1.